The van der Waals surface area contributed by atoms with E-state index in [4.69, 9.17) is 0 Å². The molecule has 3 aromatic rings. The van der Waals surface area contributed by atoms with Gasteiger partial charge in [0.1, 0.15) is 5.82 Å². The Morgan fingerprint density at radius 3 is 2.75 bits per heavy atom. The summed E-state index contributed by atoms with van der Waals surface area (Å²) in [6.07, 6.45) is 7.20. The number of hydrogen-bond acceptors (Lipinski definition) is 4. The summed E-state index contributed by atoms with van der Waals surface area (Å²) in [7, 11) is 3.90. The molecule has 0 aliphatic rings. The fourth-order valence-electron chi connectivity index (χ4n) is 1.94. The Labute approximate surface area is 117 Å². The highest BCUT2D eigenvalue weighted by atomic mass is 15.3. The lowest BCUT2D eigenvalue weighted by Crippen LogP contribution is -2.11. The average Bonchev–Trinajstić information content (AvgIpc) is 3.02. The lowest BCUT2D eigenvalue weighted by atomic mass is 10.1. The fraction of sp³-hybridized carbons (Fsp3) is 0.133. The second kappa shape index (κ2) is 5.13. The molecule has 20 heavy (non-hydrogen) atoms. The van der Waals surface area contributed by atoms with Crippen LogP contribution in [0.2, 0.25) is 0 Å². The first-order valence-corrected chi connectivity index (χ1v) is 6.34. The molecule has 0 unspecified atom stereocenters. The monoisotopic (exact) mass is 265 g/mol. The van der Waals surface area contributed by atoms with Crippen LogP contribution in [-0.4, -0.2) is 33.8 Å². The van der Waals surface area contributed by atoms with E-state index in [1.165, 1.54) is 0 Å². The van der Waals surface area contributed by atoms with Gasteiger partial charge in [-0.3, -0.25) is 4.98 Å². The van der Waals surface area contributed by atoms with Crippen LogP contribution in [0.1, 0.15) is 0 Å². The minimum Gasteiger partial charge on any atom is -0.361 e. The summed E-state index contributed by atoms with van der Waals surface area (Å²) in [6, 6.07) is 9.99. The Morgan fingerprint density at radius 1 is 1.10 bits per heavy atom. The van der Waals surface area contributed by atoms with E-state index in [9.17, 15) is 0 Å². The minimum atomic E-state index is 0.840. The lowest BCUT2D eigenvalue weighted by molar-refractivity contribution is 0.881. The predicted octanol–water partition coefficient (Wildman–Crippen LogP) is 2.40. The van der Waals surface area contributed by atoms with Crippen molar-refractivity contribution in [2.24, 2.45) is 0 Å². The molecule has 5 heteroatoms. The summed E-state index contributed by atoms with van der Waals surface area (Å²) in [6.45, 7) is 0. The Balaban J connectivity index is 2.02. The lowest BCUT2D eigenvalue weighted by Gasteiger charge is -2.12. The van der Waals surface area contributed by atoms with Crippen molar-refractivity contribution in [3.05, 3.63) is 55.1 Å². The summed E-state index contributed by atoms with van der Waals surface area (Å²) >= 11 is 0. The predicted molar refractivity (Wildman–Crippen MR) is 78.9 cm³/mol. The van der Waals surface area contributed by atoms with Gasteiger partial charge in [0.25, 0.3) is 0 Å². The molecule has 0 aliphatic heterocycles. The van der Waals surface area contributed by atoms with Gasteiger partial charge in [-0.1, -0.05) is 12.1 Å². The van der Waals surface area contributed by atoms with Gasteiger partial charge in [0.2, 0.25) is 0 Å². The number of anilines is 1. The third kappa shape index (κ3) is 2.38. The zero-order chi connectivity index (χ0) is 13.9. The number of nitrogens with zero attached hydrogens (tertiary/aromatic N) is 5. The Morgan fingerprint density at radius 2 is 2.00 bits per heavy atom. The molecule has 0 amide bonds. The zero-order valence-electron chi connectivity index (χ0n) is 11.4. The first-order chi connectivity index (χ1) is 9.74. The highest BCUT2D eigenvalue weighted by molar-refractivity contribution is 5.63. The van der Waals surface area contributed by atoms with Crippen molar-refractivity contribution in [3.63, 3.8) is 0 Å². The van der Waals surface area contributed by atoms with Crippen molar-refractivity contribution >= 4 is 5.82 Å². The normalized spacial score (nSPS) is 10.5. The topological polar surface area (TPSA) is 46.8 Å². The van der Waals surface area contributed by atoms with Crippen molar-refractivity contribution in [2.45, 2.75) is 0 Å². The largest absolute Gasteiger partial charge is 0.361 e. The van der Waals surface area contributed by atoms with Gasteiger partial charge >= 0.3 is 0 Å². The molecule has 0 saturated carbocycles. The maximum Gasteiger partial charge on any atom is 0.147 e. The third-order valence-electron chi connectivity index (χ3n) is 2.99. The molecule has 5 nitrogen and oxygen atoms in total. The van der Waals surface area contributed by atoms with Crippen LogP contribution in [-0.2, 0) is 0 Å². The van der Waals surface area contributed by atoms with E-state index in [0.717, 1.165) is 22.8 Å². The number of benzene rings is 1. The van der Waals surface area contributed by atoms with E-state index in [-0.39, 0.29) is 0 Å². The Bertz CT molecular complexity index is 704. The van der Waals surface area contributed by atoms with E-state index in [2.05, 4.69) is 21.1 Å². The van der Waals surface area contributed by atoms with Gasteiger partial charge in [-0.2, -0.15) is 5.10 Å². The molecule has 100 valence electrons. The summed E-state index contributed by atoms with van der Waals surface area (Å²) < 4.78 is 1.83. The maximum absolute atomic E-state index is 4.60. The molecule has 0 saturated heterocycles. The quantitative estimate of drug-likeness (QED) is 0.729. The molecular weight excluding hydrogens is 250 g/mol. The van der Waals surface area contributed by atoms with E-state index in [1.54, 1.807) is 18.6 Å². The van der Waals surface area contributed by atoms with E-state index < -0.39 is 0 Å². The highest BCUT2D eigenvalue weighted by Crippen LogP contribution is 2.21. The van der Waals surface area contributed by atoms with Crippen LogP contribution in [0.4, 0.5) is 5.82 Å². The maximum atomic E-state index is 4.60. The first kappa shape index (κ1) is 12.3. The molecule has 1 aromatic carbocycles. The van der Waals surface area contributed by atoms with Crippen LogP contribution in [0.15, 0.2) is 55.1 Å². The van der Waals surface area contributed by atoms with Crippen molar-refractivity contribution in [1.82, 2.24) is 19.7 Å². The zero-order valence-corrected chi connectivity index (χ0v) is 11.4. The van der Waals surface area contributed by atoms with Crippen molar-refractivity contribution in [1.29, 1.82) is 0 Å². The van der Waals surface area contributed by atoms with Crippen molar-refractivity contribution in [2.75, 3.05) is 19.0 Å². The van der Waals surface area contributed by atoms with Crippen LogP contribution < -0.4 is 4.90 Å². The standard InChI is InChI=1S/C15H15N5/c1-19(2)15-11-16-10-14(18-15)12-5-3-6-13(9-12)20-8-4-7-17-20/h3-11H,1-2H3. The molecule has 0 aliphatic carbocycles. The molecule has 0 N–H and O–H groups in total. The second-order valence-corrected chi connectivity index (χ2v) is 4.66. The summed E-state index contributed by atoms with van der Waals surface area (Å²) in [4.78, 5) is 10.8. The molecule has 3 rings (SSSR count). The van der Waals surface area contributed by atoms with Gasteiger partial charge in [-0.25, -0.2) is 9.67 Å². The number of aromatic nitrogens is 4. The summed E-state index contributed by atoms with van der Waals surface area (Å²) in [5.41, 5.74) is 2.88. The van der Waals surface area contributed by atoms with E-state index in [0.29, 0.717) is 0 Å². The van der Waals surface area contributed by atoms with Gasteiger partial charge in [0.15, 0.2) is 0 Å². The highest BCUT2D eigenvalue weighted by Gasteiger charge is 2.05. The molecule has 0 bridgehead atoms. The third-order valence-corrected chi connectivity index (χ3v) is 2.99. The van der Waals surface area contributed by atoms with Gasteiger partial charge in [-0.15, -0.1) is 0 Å². The van der Waals surface area contributed by atoms with Gasteiger partial charge in [-0.05, 0) is 18.2 Å². The van der Waals surface area contributed by atoms with Crippen molar-refractivity contribution < 1.29 is 0 Å². The molecule has 0 spiro atoms. The fourth-order valence-corrected chi connectivity index (χ4v) is 1.94. The van der Waals surface area contributed by atoms with Crippen LogP contribution in [0.5, 0.6) is 0 Å². The summed E-state index contributed by atoms with van der Waals surface area (Å²) in [5.74, 6) is 0.840. The van der Waals surface area contributed by atoms with E-state index in [1.807, 2.05) is 54.1 Å². The number of hydrogen-bond donors (Lipinski definition) is 0. The molecule has 0 radical (unpaired) electrons. The molecule has 0 fully saturated rings. The van der Waals surface area contributed by atoms with Gasteiger partial charge < -0.3 is 4.90 Å². The van der Waals surface area contributed by atoms with Gasteiger partial charge in [0.05, 0.1) is 23.8 Å². The van der Waals surface area contributed by atoms with Gasteiger partial charge in [0, 0.05) is 32.1 Å². The smallest absolute Gasteiger partial charge is 0.147 e. The van der Waals surface area contributed by atoms with Crippen LogP contribution in [0.3, 0.4) is 0 Å². The van der Waals surface area contributed by atoms with Crippen LogP contribution in [0, 0.1) is 0 Å². The molecule has 2 aromatic heterocycles. The van der Waals surface area contributed by atoms with Crippen LogP contribution >= 0.6 is 0 Å². The van der Waals surface area contributed by atoms with Crippen LogP contribution in [0.25, 0.3) is 16.9 Å². The Hall–Kier alpha value is -2.69. The minimum absolute atomic E-state index is 0.840. The average molecular weight is 265 g/mol. The molecule has 0 atom stereocenters. The van der Waals surface area contributed by atoms with E-state index >= 15 is 0 Å². The Kier molecular flexibility index (Phi) is 3.16. The summed E-state index contributed by atoms with van der Waals surface area (Å²) in [5, 5.41) is 4.24. The number of rotatable bonds is 3. The SMILES string of the molecule is CN(C)c1cncc(-c2cccc(-n3cccn3)c2)n1. The van der Waals surface area contributed by atoms with Crippen molar-refractivity contribution in [3.8, 4) is 16.9 Å². The first-order valence-electron chi connectivity index (χ1n) is 6.34. The molecular formula is C15H15N5. The molecule has 2 heterocycles. The second-order valence-electron chi connectivity index (χ2n) is 4.66.